The SMILES string of the molecule is CCOC(=O)c1ccccc1COc1ccc(C2CC(=O)NC3=NCC=C32)cc1OC. The van der Waals surface area contributed by atoms with Gasteiger partial charge in [0, 0.05) is 23.5 Å². The summed E-state index contributed by atoms with van der Waals surface area (Å²) in [6, 6.07) is 12.9. The number of piperidine rings is 1. The van der Waals surface area contributed by atoms with Crippen molar-refractivity contribution < 1.29 is 23.8 Å². The smallest absolute Gasteiger partial charge is 0.338 e. The molecule has 7 heteroatoms. The molecule has 0 radical (unpaired) electrons. The molecule has 2 aliphatic heterocycles. The van der Waals surface area contributed by atoms with Crippen molar-refractivity contribution in [3.8, 4) is 11.5 Å². The van der Waals surface area contributed by atoms with Crippen molar-refractivity contribution in [1.29, 1.82) is 0 Å². The number of hydrogen-bond acceptors (Lipinski definition) is 6. The summed E-state index contributed by atoms with van der Waals surface area (Å²) in [5.74, 6) is 1.30. The summed E-state index contributed by atoms with van der Waals surface area (Å²) in [7, 11) is 1.58. The van der Waals surface area contributed by atoms with Crippen LogP contribution < -0.4 is 14.8 Å². The lowest BCUT2D eigenvalue weighted by Gasteiger charge is -2.26. The van der Waals surface area contributed by atoms with Gasteiger partial charge in [-0.2, -0.15) is 0 Å². The maximum absolute atomic E-state index is 12.2. The van der Waals surface area contributed by atoms with E-state index in [-0.39, 0.29) is 24.4 Å². The van der Waals surface area contributed by atoms with Gasteiger partial charge in [0.2, 0.25) is 5.91 Å². The van der Waals surface area contributed by atoms with Crippen LogP contribution in [0.5, 0.6) is 11.5 Å². The van der Waals surface area contributed by atoms with Gasteiger partial charge in [-0.05, 0) is 30.7 Å². The van der Waals surface area contributed by atoms with Gasteiger partial charge in [-0.25, -0.2) is 4.79 Å². The van der Waals surface area contributed by atoms with Crippen LogP contribution in [0.25, 0.3) is 0 Å². The van der Waals surface area contributed by atoms with Gasteiger partial charge in [-0.3, -0.25) is 9.79 Å². The van der Waals surface area contributed by atoms with Crippen molar-refractivity contribution in [3.63, 3.8) is 0 Å². The van der Waals surface area contributed by atoms with Gasteiger partial charge in [0.1, 0.15) is 12.4 Å². The van der Waals surface area contributed by atoms with E-state index >= 15 is 0 Å². The van der Waals surface area contributed by atoms with E-state index in [0.29, 0.717) is 42.5 Å². The minimum absolute atomic E-state index is 0.0438. The number of fused-ring (bicyclic) bond motifs is 1. The molecule has 2 aromatic rings. The van der Waals surface area contributed by atoms with Gasteiger partial charge in [-0.1, -0.05) is 30.3 Å². The molecule has 0 spiro atoms. The van der Waals surface area contributed by atoms with Gasteiger partial charge < -0.3 is 19.5 Å². The monoisotopic (exact) mass is 420 g/mol. The largest absolute Gasteiger partial charge is 0.493 e. The Morgan fingerprint density at radius 1 is 1.19 bits per heavy atom. The number of aliphatic imine (C=N–C) groups is 1. The predicted octanol–water partition coefficient (Wildman–Crippen LogP) is 3.39. The third kappa shape index (κ3) is 4.30. The molecule has 1 fully saturated rings. The van der Waals surface area contributed by atoms with Crippen molar-refractivity contribution in [2.75, 3.05) is 20.3 Å². The summed E-state index contributed by atoms with van der Waals surface area (Å²) >= 11 is 0. The van der Waals surface area contributed by atoms with E-state index in [4.69, 9.17) is 14.2 Å². The van der Waals surface area contributed by atoms with Crippen molar-refractivity contribution >= 4 is 17.7 Å². The summed E-state index contributed by atoms with van der Waals surface area (Å²) in [5, 5.41) is 2.83. The molecule has 0 saturated carbocycles. The Morgan fingerprint density at radius 2 is 2.03 bits per heavy atom. The lowest BCUT2D eigenvalue weighted by atomic mass is 9.85. The molecule has 1 N–H and O–H groups in total. The third-order valence-corrected chi connectivity index (χ3v) is 5.34. The lowest BCUT2D eigenvalue weighted by Crippen LogP contribution is -2.38. The van der Waals surface area contributed by atoms with Crippen molar-refractivity contribution in [3.05, 3.63) is 70.8 Å². The highest BCUT2D eigenvalue weighted by atomic mass is 16.5. The number of esters is 1. The molecule has 0 aliphatic carbocycles. The minimum atomic E-state index is -0.373. The number of nitrogens with zero attached hydrogens (tertiary/aromatic N) is 1. The first-order valence-corrected chi connectivity index (χ1v) is 10.2. The lowest BCUT2D eigenvalue weighted by molar-refractivity contribution is -0.120. The predicted molar refractivity (Wildman–Crippen MR) is 116 cm³/mol. The molecular formula is C24H24N2O5. The van der Waals surface area contributed by atoms with Crippen molar-refractivity contribution in [2.45, 2.75) is 25.9 Å². The highest BCUT2D eigenvalue weighted by molar-refractivity contribution is 6.12. The first-order valence-electron chi connectivity index (χ1n) is 10.2. The Bertz CT molecular complexity index is 1070. The Hall–Kier alpha value is -3.61. The van der Waals surface area contributed by atoms with Crippen LogP contribution in [-0.4, -0.2) is 38.0 Å². The van der Waals surface area contributed by atoms with E-state index in [2.05, 4.69) is 10.3 Å². The second-order valence-corrected chi connectivity index (χ2v) is 7.23. The third-order valence-electron chi connectivity index (χ3n) is 5.34. The van der Waals surface area contributed by atoms with Gasteiger partial charge in [-0.15, -0.1) is 0 Å². The molecule has 2 aromatic carbocycles. The van der Waals surface area contributed by atoms with E-state index in [9.17, 15) is 9.59 Å². The Morgan fingerprint density at radius 3 is 2.84 bits per heavy atom. The fourth-order valence-corrected chi connectivity index (χ4v) is 3.85. The van der Waals surface area contributed by atoms with E-state index in [1.807, 2.05) is 36.4 Å². The zero-order chi connectivity index (χ0) is 21.8. The summed E-state index contributed by atoms with van der Waals surface area (Å²) in [4.78, 5) is 28.6. The van der Waals surface area contributed by atoms with Crippen LogP contribution in [-0.2, 0) is 16.1 Å². The minimum Gasteiger partial charge on any atom is -0.493 e. The number of carbonyl (C=O) groups excluding carboxylic acids is 2. The van der Waals surface area contributed by atoms with Gasteiger partial charge in [0.15, 0.2) is 11.5 Å². The Balaban J connectivity index is 1.54. The summed E-state index contributed by atoms with van der Waals surface area (Å²) in [5.41, 5.74) is 3.21. The highest BCUT2D eigenvalue weighted by Crippen LogP contribution is 2.38. The van der Waals surface area contributed by atoms with Crippen LogP contribution in [0.15, 0.2) is 59.1 Å². The number of benzene rings is 2. The molecule has 7 nitrogen and oxygen atoms in total. The van der Waals surface area contributed by atoms with Gasteiger partial charge in [0.05, 0.1) is 25.8 Å². The number of methoxy groups -OCH3 is 1. The number of rotatable bonds is 7. The Labute approximate surface area is 180 Å². The average molecular weight is 420 g/mol. The van der Waals surface area contributed by atoms with E-state index in [1.54, 1.807) is 26.2 Å². The van der Waals surface area contributed by atoms with Crippen molar-refractivity contribution in [2.24, 2.45) is 4.99 Å². The standard InChI is InChI=1S/C24H24N2O5/c1-3-30-24(28)17-7-5-4-6-16(17)14-31-20-9-8-15(12-21(20)29-2)19-13-22(27)26-23-18(19)10-11-25-23/h4-10,12,19H,3,11,13-14H2,1-2H3,(H,25,26,27). The van der Waals surface area contributed by atoms with E-state index in [0.717, 1.165) is 16.7 Å². The van der Waals surface area contributed by atoms with E-state index in [1.165, 1.54) is 0 Å². The van der Waals surface area contributed by atoms with Crippen LogP contribution in [0.4, 0.5) is 0 Å². The quantitative estimate of drug-likeness (QED) is 0.694. The number of ether oxygens (including phenoxy) is 3. The number of amidine groups is 1. The van der Waals surface area contributed by atoms with Crippen LogP contribution in [0.2, 0.25) is 0 Å². The fraction of sp³-hybridized carbons (Fsp3) is 0.292. The second kappa shape index (κ2) is 9.04. The number of hydrogen-bond donors (Lipinski definition) is 1. The van der Waals surface area contributed by atoms with Gasteiger partial charge in [0.25, 0.3) is 0 Å². The molecule has 4 rings (SSSR count). The topological polar surface area (TPSA) is 86.2 Å². The molecule has 1 atom stereocenters. The number of nitrogens with one attached hydrogen (secondary N) is 1. The van der Waals surface area contributed by atoms with Crippen molar-refractivity contribution in [1.82, 2.24) is 5.32 Å². The maximum atomic E-state index is 12.2. The molecule has 1 amide bonds. The zero-order valence-corrected chi connectivity index (χ0v) is 17.5. The first-order chi connectivity index (χ1) is 15.1. The Kier molecular flexibility index (Phi) is 6.02. The molecule has 2 aliphatic rings. The molecule has 2 heterocycles. The molecular weight excluding hydrogens is 396 g/mol. The normalized spacial score (nSPS) is 17.2. The summed E-state index contributed by atoms with van der Waals surface area (Å²) in [6.07, 6.45) is 2.41. The zero-order valence-electron chi connectivity index (χ0n) is 17.5. The van der Waals surface area contributed by atoms with Gasteiger partial charge >= 0.3 is 5.97 Å². The molecule has 1 unspecified atom stereocenters. The molecule has 160 valence electrons. The number of amides is 1. The highest BCUT2D eigenvalue weighted by Gasteiger charge is 2.32. The molecule has 0 bridgehead atoms. The first kappa shape index (κ1) is 20.7. The van der Waals surface area contributed by atoms with Crippen LogP contribution in [0.3, 0.4) is 0 Å². The molecule has 1 saturated heterocycles. The summed E-state index contributed by atoms with van der Waals surface area (Å²) in [6.45, 7) is 2.86. The summed E-state index contributed by atoms with van der Waals surface area (Å²) < 4.78 is 16.7. The molecule has 31 heavy (non-hydrogen) atoms. The second-order valence-electron chi connectivity index (χ2n) is 7.23. The average Bonchev–Trinajstić information content (AvgIpc) is 3.25. The van der Waals surface area contributed by atoms with Crippen LogP contribution in [0, 0.1) is 0 Å². The fourth-order valence-electron chi connectivity index (χ4n) is 3.85. The van der Waals surface area contributed by atoms with E-state index < -0.39 is 0 Å². The van der Waals surface area contributed by atoms with Crippen LogP contribution >= 0.6 is 0 Å². The molecule has 0 aromatic heterocycles. The van der Waals surface area contributed by atoms with Crippen LogP contribution in [0.1, 0.15) is 40.7 Å². The number of carbonyl (C=O) groups is 2. The maximum Gasteiger partial charge on any atom is 0.338 e.